The number of ether oxygens (including phenoxy) is 1. The zero-order valence-electron chi connectivity index (χ0n) is 7.13. The molecule has 0 fully saturated rings. The number of nitrogens with zero attached hydrogens (tertiary/aromatic N) is 1. The fourth-order valence-corrected chi connectivity index (χ4v) is 0.602. The molecule has 0 aromatic carbocycles. The topological polar surface area (TPSA) is 35.3 Å². The minimum atomic E-state index is -0.130. The van der Waals surface area contributed by atoms with Crippen LogP contribution in [-0.4, -0.2) is 10.6 Å². The second-order valence-corrected chi connectivity index (χ2v) is 3.33. The normalized spacial score (nSPS) is 11.9. The van der Waals surface area contributed by atoms with Gasteiger partial charge in [-0.1, -0.05) is 0 Å². The minimum absolute atomic E-state index is 0.130. The van der Waals surface area contributed by atoms with Gasteiger partial charge in [-0.15, -0.1) is 0 Å². The van der Waals surface area contributed by atoms with Crippen molar-refractivity contribution in [1.82, 2.24) is 4.98 Å². The van der Waals surface area contributed by atoms with Crippen molar-refractivity contribution < 1.29 is 9.15 Å². The lowest BCUT2D eigenvalue weighted by molar-refractivity contribution is -0.0243. The maximum Gasteiger partial charge on any atom is 0.219 e. The zero-order valence-corrected chi connectivity index (χ0v) is 7.13. The average Bonchev–Trinajstić information content (AvgIpc) is 2.32. The maximum absolute atomic E-state index is 5.42. The standard InChI is InChI=1S/C8H13NO2/c1-8(2,3)11-6-7-9-4-5-10-7/h4-5H,6H2,1-3H3. The fourth-order valence-electron chi connectivity index (χ4n) is 0.602. The molecule has 1 rings (SSSR count). The summed E-state index contributed by atoms with van der Waals surface area (Å²) in [5.41, 5.74) is -0.130. The smallest absolute Gasteiger partial charge is 0.219 e. The number of aromatic nitrogens is 1. The molecule has 11 heavy (non-hydrogen) atoms. The van der Waals surface area contributed by atoms with E-state index in [9.17, 15) is 0 Å². The lowest BCUT2D eigenvalue weighted by atomic mass is 10.2. The van der Waals surface area contributed by atoms with Crippen molar-refractivity contribution in [3.8, 4) is 0 Å². The molecule has 0 amide bonds. The number of oxazole rings is 1. The Hall–Kier alpha value is -0.830. The fraction of sp³-hybridized carbons (Fsp3) is 0.625. The predicted molar refractivity (Wildman–Crippen MR) is 41.0 cm³/mol. The molecule has 0 aliphatic heterocycles. The molecule has 0 saturated heterocycles. The Morgan fingerprint density at radius 2 is 2.27 bits per heavy atom. The quantitative estimate of drug-likeness (QED) is 0.655. The van der Waals surface area contributed by atoms with Crippen LogP contribution in [-0.2, 0) is 11.3 Å². The van der Waals surface area contributed by atoms with Crippen LogP contribution in [0.2, 0.25) is 0 Å². The first-order valence-corrected chi connectivity index (χ1v) is 3.60. The van der Waals surface area contributed by atoms with Crippen LogP contribution in [0.1, 0.15) is 26.7 Å². The van der Waals surface area contributed by atoms with E-state index in [1.165, 1.54) is 0 Å². The summed E-state index contributed by atoms with van der Waals surface area (Å²) < 4.78 is 10.4. The van der Waals surface area contributed by atoms with Gasteiger partial charge in [-0.3, -0.25) is 0 Å². The molecule has 1 aromatic heterocycles. The van der Waals surface area contributed by atoms with E-state index in [4.69, 9.17) is 9.15 Å². The molecule has 0 radical (unpaired) electrons. The number of hydrogen-bond donors (Lipinski definition) is 0. The first kappa shape index (κ1) is 8.27. The van der Waals surface area contributed by atoms with Gasteiger partial charge in [-0.2, -0.15) is 0 Å². The number of rotatable bonds is 2. The highest BCUT2D eigenvalue weighted by Crippen LogP contribution is 2.09. The Morgan fingerprint density at radius 3 is 2.73 bits per heavy atom. The minimum Gasteiger partial charge on any atom is -0.446 e. The van der Waals surface area contributed by atoms with E-state index < -0.39 is 0 Å². The summed E-state index contributed by atoms with van der Waals surface area (Å²) in [5, 5.41) is 0. The highest BCUT2D eigenvalue weighted by molar-refractivity contribution is 4.77. The first-order chi connectivity index (χ1) is 5.08. The maximum atomic E-state index is 5.42. The third-order valence-corrected chi connectivity index (χ3v) is 1.11. The summed E-state index contributed by atoms with van der Waals surface area (Å²) in [6.07, 6.45) is 3.16. The average molecular weight is 155 g/mol. The van der Waals surface area contributed by atoms with Crippen molar-refractivity contribution in [2.24, 2.45) is 0 Å². The lowest BCUT2D eigenvalue weighted by Gasteiger charge is -2.17. The van der Waals surface area contributed by atoms with Crippen molar-refractivity contribution in [2.75, 3.05) is 0 Å². The SMILES string of the molecule is CC(C)(C)OCc1ncco1. The van der Waals surface area contributed by atoms with Crippen LogP contribution in [0, 0.1) is 0 Å². The van der Waals surface area contributed by atoms with E-state index in [1.54, 1.807) is 12.5 Å². The third-order valence-electron chi connectivity index (χ3n) is 1.11. The summed E-state index contributed by atoms with van der Waals surface area (Å²) in [5.74, 6) is 0.625. The van der Waals surface area contributed by atoms with Gasteiger partial charge in [-0.05, 0) is 20.8 Å². The molecule has 3 heteroatoms. The molecule has 62 valence electrons. The van der Waals surface area contributed by atoms with Crippen LogP contribution in [0.15, 0.2) is 16.9 Å². The molecule has 0 spiro atoms. The Kier molecular flexibility index (Phi) is 2.29. The van der Waals surface area contributed by atoms with Gasteiger partial charge in [0.15, 0.2) is 0 Å². The Balaban J connectivity index is 2.35. The van der Waals surface area contributed by atoms with Crippen LogP contribution in [0.4, 0.5) is 0 Å². The largest absolute Gasteiger partial charge is 0.446 e. The molecule has 1 aromatic rings. The second kappa shape index (κ2) is 3.05. The van der Waals surface area contributed by atoms with Crippen molar-refractivity contribution >= 4 is 0 Å². The molecule has 0 N–H and O–H groups in total. The van der Waals surface area contributed by atoms with Gasteiger partial charge in [0.05, 0.1) is 11.8 Å². The summed E-state index contributed by atoms with van der Waals surface area (Å²) in [6.45, 7) is 6.43. The summed E-state index contributed by atoms with van der Waals surface area (Å²) in [4.78, 5) is 3.93. The van der Waals surface area contributed by atoms with Crippen molar-refractivity contribution in [1.29, 1.82) is 0 Å². The molecule has 0 bridgehead atoms. The number of hydrogen-bond acceptors (Lipinski definition) is 3. The molecular weight excluding hydrogens is 142 g/mol. The molecule has 1 heterocycles. The monoisotopic (exact) mass is 155 g/mol. The van der Waals surface area contributed by atoms with Crippen LogP contribution < -0.4 is 0 Å². The first-order valence-electron chi connectivity index (χ1n) is 3.60. The summed E-state index contributed by atoms with van der Waals surface area (Å²) in [6, 6.07) is 0. The van der Waals surface area contributed by atoms with Crippen LogP contribution >= 0.6 is 0 Å². The summed E-state index contributed by atoms with van der Waals surface area (Å²) in [7, 11) is 0. The Morgan fingerprint density at radius 1 is 1.55 bits per heavy atom. The van der Waals surface area contributed by atoms with Gasteiger partial charge in [0.2, 0.25) is 5.89 Å². The molecule has 0 unspecified atom stereocenters. The lowest BCUT2D eigenvalue weighted by Crippen LogP contribution is -2.18. The summed E-state index contributed by atoms with van der Waals surface area (Å²) >= 11 is 0. The van der Waals surface area contributed by atoms with Crippen molar-refractivity contribution in [3.63, 3.8) is 0 Å². The molecule has 0 aliphatic carbocycles. The molecule has 3 nitrogen and oxygen atoms in total. The van der Waals surface area contributed by atoms with E-state index in [0.717, 1.165) is 0 Å². The predicted octanol–water partition coefficient (Wildman–Crippen LogP) is 1.99. The Bertz CT molecular complexity index is 198. The van der Waals surface area contributed by atoms with E-state index >= 15 is 0 Å². The van der Waals surface area contributed by atoms with Gasteiger partial charge in [0.25, 0.3) is 0 Å². The van der Waals surface area contributed by atoms with Crippen molar-refractivity contribution in [2.45, 2.75) is 33.0 Å². The highest BCUT2D eigenvalue weighted by atomic mass is 16.5. The molecule has 0 saturated carbocycles. The molecule has 0 atom stereocenters. The zero-order chi connectivity index (χ0) is 8.32. The third kappa shape index (κ3) is 3.18. The van der Waals surface area contributed by atoms with Gasteiger partial charge >= 0.3 is 0 Å². The molecular formula is C8H13NO2. The van der Waals surface area contributed by atoms with Gasteiger partial charge in [-0.25, -0.2) is 4.98 Å². The highest BCUT2D eigenvalue weighted by Gasteiger charge is 2.11. The Labute approximate surface area is 66.4 Å². The van der Waals surface area contributed by atoms with E-state index in [-0.39, 0.29) is 5.60 Å². The van der Waals surface area contributed by atoms with Crippen molar-refractivity contribution in [3.05, 3.63) is 18.4 Å². The second-order valence-electron chi connectivity index (χ2n) is 3.33. The van der Waals surface area contributed by atoms with E-state index in [0.29, 0.717) is 12.5 Å². The van der Waals surface area contributed by atoms with Crippen LogP contribution in [0.25, 0.3) is 0 Å². The van der Waals surface area contributed by atoms with Gasteiger partial charge in [0.1, 0.15) is 12.9 Å². The van der Waals surface area contributed by atoms with Gasteiger partial charge in [0, 0.05) is 0 Å². The van der Waals surface area contributed by atoms with E-state index in [1.807, 2.05) is 20.8 Å². The van der Waals surface area contributed by atoms with Crippen LogP contribution in [0.5, 0.6) is 0 Å². The van der Waals surface area contributed by atoms with E-state index in [2.05, 4.69) is 4.98 Å². The van der Waals surface area contributed by atoms with Gasteiger partial charge < -0.3 is 9.15 Å². The molecule has 0 aliphatic rings. The van der Waals surface area contributed by atoms with Crippen LogP contribution in [0.3, 0.4) is 0 Å².